The SMILES string of the molecule is Nc1cccnc1OCC12CC3CC(CC(C3)C1)C2. The van der Waals surface area contributed by atoms with Crippen LogP contribution in [-0.2, 0) is 0 Å². The fourth-order valence-electron chi connectivity index (χ4n) is 5.21. The predicted octanol–water partition coefficient (Wildman–Crippen LogP) is 3.26. The van der Waals surface area contributed by atoms with Gasteiger partial charge in [-0.2, -0.15) is 0 Å². The smallest absolute Gasteiger partial charge is 0.237 e. The number of aromatic nitrogens is 1. The van der Waals surface area contributed by atoms with Crippen LogP contribution in [0.4, 0.5) is 5.69 Å². The maximum absolute atomic E-state index is 5.99. The Morgan fingerprint density at radius 3 is 2.37 bits per heavy atom. The minimum Gasteiger partial charge on any atom is -0.476 e. The zero-order chi connectivity index (χ0) is 12.9. The van der Waals surface area contributed by atoms with Crippen LogP contribution in [0.1, 0.15) is 38.5 Å². The minimum absolute atomic E-state index is 0.429. The highest BCUT2D eigenvalue weighted by atomic mass is 16.5. The monoisotopic (exact) mass is 258 g/mol. The number of hydrogen-bond acceptors (Lipinski definition) is 3. The van der Waals surface area contributed by atoms with Crippen LogP contribution in [0.5, 0.6) is 5.88 Å². The Morgan fingerprint density at radius 2 is 1.79 bits per heavy atom. The summed E-state index contributed by atoms with van der Waals surface area (Å²) in [5, 5.41) is 0. The molecular formula is C16H22N2O. The van der Waals surface area contributed by atoms with E-state index < -0.39 is 0 Å². The molecule has 3 nitrogen and oxygen atoms in total. The van der Waals surface area contributed by atoms with E-state index in [9.17, 15) is 0 Å². The number of nitrogens with zero attached hydrogens (tertiary/aromatic N) is 1. The lowest BCUT2D eigenvalue weighted by Gasteiger charge is -2.56. The Balaban J connectivity index is 1.49. The van der Waals surface area contributed by atoms with E-state index in [0.29, 0.717) is 17.0 Å². The van der Waals surface area contributed by atoms with Crippen LogP contribution >= 0.6 is 0 Å². The van der Waals surface area contributed by atoms with Crippen molar-refractivity contribution in [1.82, 2.24) is 4.98 Å². The summed E-state index contributed by atoms with van der Waals surface area (Å²) in [6, 6.07) is 3.72. The second-order valence-corrected chi connectivity index (χ2v) is 7.10. The Morgan fingerprint density at radius 1 is 1.16 bits per heavy atom. The minimum atomic E-state index is 0.429. The number of rotatable bonds is 3. The lowest BCUT2D eigenvalue weighted by molar-refractivity contribution is -0.0750. The van der Waals surface area contributed by atoms with Crippen molar-refractivity contribution in [2.45, 2.75) is 38.5 Å². The summed E-state index contributed by atoms with van der Waals surface area (Å²) in [4.78, 5) is 4.25. The molecule has 0 atom stereocenters. The van der Waals surface area contributed by atoms with Gasteiger partial charge in [-0.25, -0.2) is 4.98 Å². The maximum Gasteiger partial charge on any atom is 0.237 e. The van der Waals surface area contributed by atoms with Gasteiger partial charge >= 0.3 is 0 Å². The molecule has 2 N–H and O–H groups in total. The van der Waals surface area contributed by atoms with E-state index in [-0.39, 0.29) is 0 Å². The fourth-order valence-corrected chi connectivity index (χ4v) is 5.21. The van der Waals surface area contributed by atoms with Gasteiger partial charge in [0.2, 0.25) is 5.88 Å². The molecule has 1 aromatic rings. The largest absolute Gasteiger partial charge is 0.476 e. The zero-order valence-electron chi connectivity index (χ0n) is 11.3. The number of nitrogen functional groups attached to an aromatic ring is 1. The summed E-state index contributed by atoms with van der Waals surface area (Å²) in [5.41, 5.74) is 7.00. The van der Waals surface area contributed by atoms with Crippen LogP contribution < -0.4 is 10.5 Å². The maximum atomic E-state index is 5.99. The Bertz CT molecular complexity index is 450. The Labute approximate surface area is 114 Å². The normalized spacial score (nSPS) is 39.5. The first-order chi connectivity index (χ1) is 9.22. The van der Waals surface area contributed by atoms with Gasteiger partial charge in [-0.3, -0.25) is 0 Å². The molecule has 0 saturated heterocycles. The van der Waals surface area contributed by atoms with Gasteiger partial charge in [0, 0.05) is 11.6 Å². The standard InChI is InChI=1S/C16H22N2O/c17-14-2-1-3-18-15(14)19-10-16-7-11-4-12(8-16)6-13(5-11)9-16/h1-3,11-13H,4-10,17H2. The molecule has 3 heteroatoms. The van der Waals surface area contributed by atoms with Crippen molar-refractivity contribution in [3.63, 3.8) is 0 Å². The van der Waals surface area contributed by atoms with Crippen LogP contribution in [0.3, 0.4) is 0 Å². The van der Waals surface area contributed by atoms with E-state index in [1.165, 1.54) is 38.5 Å². The molecule has 0 aromatic carbocycles. The lowest BCUT2D eigenvalue weighted by atomic mass is 9.50. The van der Waals surface area contributed by atoms with E-state index in [1.54, 1.807) is 6.20 Å². The third kappa shape index (κ3) is 1.99. The number of anilines is 1. The first-order valence-corrected chi connectivity index (χ1v) is 7.56. The molecule has 4 fully saturated rings. The topological polar surface area (TPSA) is 48.1 Å². The number of pyridine rings is 1. The summed E-state index contributed by atoms with van der Waals surface area (Å²) in [6.45, 7) is 0.817. The van der Waals surface area contributed by atoms with Crippen molar-refractivity contribution in [3.05, 3.63) is 18.3 Å². The highest BCUT2D eigenvalue weighted by Crippen LogP contribution is 2.60. The highest BCUT2D eigenvalue weighted by Gasteiger charge is 2.51. The lowest BCUT2D eigenvalue weighted by Crippen LogP contribution is -2.48. The molecule has 0 amide bonds. The van der Waals surface area contributed by atoms with Gasteiger partial charge in [-0.05, 0) is 68.4 Å². The second kappa shape index (κ2) is 4.12. The summed E-state index contributed by atoms with van der Waals surface area (Å²) >= 11 is 0. The molecule has 4 aliphatic carbocycles. The van der Waals surface area contributed by atoms with Crippen LogP contribution in [-0.4, -0.2) is 11.6 Å². The van der Waals surface area contributed by atoms with Crippen molar-refractivity contribution in [1.29, 1.82) is 0 Å². The van der Waals surface area contributed by atoms with E-state index in [4.69, 9.17) is 10.5 Å². The molecule has 0 unspecified atom stereocenters. The summed E-state index contributed by atoms with van der Waals surface area (Å²) < 4.78 is 5.99. The number of ether oxygens (including phenoxy) is 1. The van der Waals surface area contributed by atoms with E-state index in [0.717, 1.165) is 24.4 Å². The van der Waals surface area contributed by atoms with E-state index in [1.807, 2.05) is 12.1 Å². The Kier molecular flexibility index (Phi) is 2.51. The van der Waals surface area contributed by atoms with Crippen LogP contribution in [0, 0.1) is 23.2 Å². The van der Waals surface area contributed by atoms with Gasteiger partial charge in [0.1, 0.15) is 0 Å². The van der Waals surface area contributed by atoms with Crippen molar-refractivity contribution < 1.29 is 4.74 Å². The van der Waals surface area contributed by atoms with Gasteiger partial charge in [0.05, 0.1) is 12.3 Å². The zero-order valence-corrected chi connectivity index (χ0v) is 11.3. The highest BCUT2D eigenvalue weighted by molar-refractivity contribution is 5.46. The van der Waals surface area contributed by atoms with Gasteiger partial charge in [-0.15, -0.1) is 0 Å². The summed E-state index contributed by atoms with van der Waals surface area (Å²) in [7, 11) is 0. The van der Waals surface area contributed by atoms with E-state index in [2.05, 4.69) is 4.98 Å². The quantitative estimate of drug-likeness (QED) is 0.905. The molecule has 1 heterocycles. The van der Waals surface area contributed by atoms with Crippen LogP contribution in [0.25, 0.3) is 0 Å². The first kappa shape index (κ1) is 11.6. The van der Waals surface area contributed by atoms with Gasteiger partial charge in [0.15, 0.2) is 0 Å². The summed E-state index contributed by atoms with van der Waals surface area (Å²) in [5.74, 6) is 3.53. The number of nitrogens with two attached hydrogens (primary N) is 1. The molecule has 0 radical (unpaired) electrons. The molecule has 19 heavy (non-hydrogen) atoms. The van der Waals surface area contributed by atoms with Crippen molar-refractivity contribution in [2.24, 2.45) is 23.2 Å². The molecule has 4 saturated carbocycles. The van der Waals surface area contributed by atoms with Crippen LogP contribution in [0.2, 0.25) is 0 Å². The molecular weight excluding hydrogens is 236 g/mol. The van der Waals surface area contributed by atoms with Gasteiger partial charge in [0.25, 0.3) is 0 Å². The average Bonchev–Trinajstić information content (AvgIpc) is 2.36. The van der Waals surface area contributed by atoms with E-state index >= 15 is 0 Å². The van der Waals surface area contributed by atoms with Gasteiger partial charge in [-0.1, -0.05) is 0 Å². The molecule has 0 aliphatic heterocycles. The fraction of sp³-hybridized carbons (Fsp3) is 0.688. The average molecular weight is 258 g/mol. The van der Waals surface area contributed by atoms with Crippen LogP contribution in [0.15, 0.2) is 18.3 Å². The van der Waals surface area contributed by atoms with Crippen molar-refractivity contribution in [3.8, 4) is 5.88 Å². The Hall–Kier alpha value is -1.25. The molecule has 102 valence electrons. The third-order valence-corrected chi connectivity index (χ3v) is 5.48. The third-order valence-electron chi connectivity index (χ3n) is 5.48. The number of hydrogen-bond donors (Lipinski definition) is 1. The molecule has 4 aliphatic rings. The molecule has 1 aromatic heterocycles. The predicted molar refractivity (Wildman–Crippen MR) is 74.7 cm³/mol. The first-order valence-electron chi connectivity index (χ1n) is 7.56. The molecule has 0 spiro atoms. The van der Waals surface area contributed by atoms with Gasteiger partial charge < -0.3 is 10.5 Å². The summed E-state index contributed by atoms with van der Waals surface area (Å²) in [6.07, 6.45) is 10.3. The molecule has 4 bridgehead atoms. The van der Waals surface area contributed by atoms with Crippen molar-refractivity contribution in [2.75, 3.05) is 12.3 Å². The second-order valence-electron chi connectivity index (χ2n) is 7.10. The van der Waals surface area contributed by atoms with Crippen molar-refractivity contribution >= 4 is 5.69 Å². The molecule has 5 rings (SSSR count).